The van der Waals surface area contributed by atoms with Crippen LogP contribution >= 0.6 is 12.4 Å². The fourth-order valence-electron chi connectivity index (χ4n) is 2.12. The molecule has 4 N–H and O–H groups in total. The summed E-state index contributed by atoms with van der Waals surface area (Å²) in [6.45, 7) is 0.496. The predicted octanol–water partition coefficient (Wildman–Crippen LogP) is 3.30. The van der Waals surface area contributed by atoms with Gasteiger partial charge in [0.15, 0.2) is 0 Å². The lowest BCUT2D eigenvalue weighted by atomic mass is 10.2. The van der Waals surface area contributed by atoms with Gasteiger partial charge < -0.3 is 16.0 Å². The normalized spacial score (nSPS) is 10.1. The minimum Gasteiger partial charge on any atom is -0.351 e. The lowest BCUT2D eigenvalue weighted by Gasteiger charge is -2.04. The molecule has 0 saturated carbocycles. The van der Waals surface area contributed by atoms with Crippen molar-refractivity contribution in [2.24, 2.45) is 5.73 Å². The highest BCUT2D eigenvalue weighted by Crippen LogP contribution is 2.16. The van der Waals surface area contributed by atoms with E-state index in [4.69, 9.17) is 5.73 Å². The van der Waals surface area contributed by atoms with Crippen molar-refractivity contribution < 1.29 is 4.79 Å². The van der Waals surface area contributed by atoms with Gasteiger partial charge in [0.2, 0.25) is 0 Å². The smallest absolute Gasteiger partial charge is 0.272 e. The van der Waals surface area contributed by atoms with Crippen molar-refractivity contribution in [3.63, 3.8) is 0 Å². The quantitative estimate of drug-likeness (QED) is 0.694. The van der Waals surface area contributed by atoms with Crippen LogP contribution in [-0.4, -0.2) is 10.9 Å². The molecule has 21 heavy (non-hydrogen) atoms. The third-order valence-corrected chi connectivity index (χ3v) is 3.22. The van der Waals surface area contributed by atoms with Crippen molar-refractivity contribution >= 4 is 34.9 Å². The van der Waals surface area contributed by atoms with Crippen molar-refractivity contribution in [1.82, 2.24) is 4.98 Å². The number of benzene rings is 2. The van der Waals surface area contributed by atoms with Gasteiger partial charge >= 0.3 is 0 Å². The van der Waals surface area contributed by atoms with E-state index in [1.165, 1.54) is 0 Å². The van der Waals surface area contributed by atoms with E-state index in [-0.39, 0.29) is 18.3 Å². The van der Waals surface area contributed by atoms with Crippen LogP contribution in [0.1, 0.15) is 16.1 Å². The number of fused-ring (bicyclic) bond motifs is 1. The SMILES string of the molecule is Cl.NCc1ccc(NC(=O)c2cc3ccccc3[nH]2)cc1. The molecule has 3 rings (SSSR count). The van der Waals surface area contributed by atoms with Crippen LogP contribution in [0.5, 0.6) is 0 Å². The zero-order valence-corrected chi connectivity index (χ0v) is 12.1. The molecule has 0 saturated heterocycles. The fourth-order valence-corrected chi connectivity index (χ4v) is 2.12. The lowest BCUT2D eigenvalue weighted by Crippen LogP contribution is -2.12. The summed E-state index contributed by atoms with van der Waals surface area (Å²) < 4.78 is 0. The number of carbonyl (C=O) groups is 1. The zero-order valence-electron chi connectivity index (χ0n) is 11.3. The number of hydrogen-bond donors (Lipinski definition) is 3. The molecule has 1 amide bonds. The van der Waals surface area contributed by atoms with E-state index >= 15 is 0 Å². The molecule has 0 fully saturated rings. The monoisotopic (exact) mass is 301 g/mol. The Bertz CT molecular complexity index is 717. The van der Waals surface area contributed by atoms with Crippen molar-refractivity contribution in [3.8, 4) is 0 Å². The second-order valence-electron chi connectivity index (χ2n) is 4.63. The molecule has 0 aliphatic carbocycles. The number of para-hydroxylation sites is 1. The summed E-state index contributed by atoms with van der Waals surface area (Å²) in [6, 6.07) is 17.2. The van der Waals surface area contributed by atoms with Crippen LogP contribution in [0.2, 0.25) is 0 Å². The number of anilines is 1. The van der Waals surface area contributed by atoms with Crippen LogP contribution < -0.4 is 11.1 Å². The van der Waals surface area contributed by atoms with Gasteiger partial charge in [-0.3, -0.25) is 4.79 Å². The third-order valence-electron chi connectivity index (χ3n) is 3.22. The molecule has 0 unspecified atom stereocenters. The van der Waals surface area contributed by atoms with Crippen molar-refractivity contribution in [3.05, 3.63) is 65.9 Å². The maximum absolute atomic E-state index is 12.2. The number of aromatic amines is 1. The van der Waals surface area contributed by atoms with Crippen molar-refractivity contribution in [2.75, 3.05) is 5.32 Å². The summed E-state index contributed by atoms with van der Waals surface area (Å²) in [5, 5.41) is 3.88. The van der Waals surface area contributed by atoms with E-state index in [0.29, 0.717) is 12.2 Å². The molecule has 1 aromatic heterocycles. The van der Waals surface area contributed by atoms with Gasteiger partial charge in [-0.05, 0) is 29.8 Å². The summed E-state index contributed by atoms with van der Waals surface area (Å²) in [5.74, 6) is -0.151. The number of hydrogen-bond acceptors (Lipinski definition) is 2. The standard InChI is InChI=1S/C16H15N3O.ClH/c17-10-11-5-7-13(8-6-11)18-16(20)15-9-12-3-1-2-4-14(12)19-15;/h1-9,19H,10,17H2,(H,18,20);1H. The minimum absolute atomic E-state index is 0. The Morgan fingerprint density at radius 2 is 1.81 bits per heavy atom. The molecule has 0 aliphatic heterocycles. The first-order valence-electron chi connectivity index (χ1n) is 6.44. The molecule has 1 heterocycles. The summed E-state index contributed by atoms with van der Waals surface area (Å²) in [4.78, 5) is 15.3. The molecule has 0 radical (unpaired) electrons. The number of aromatic nitrogens is 1. The first-order valence-corrected chi connectivity index (χ1v) is 6.44. The van der Waals surface area contributed by atoms with Gasteiger partial charge in [0, 0.05) is 23.1 Å². The maximum Gasteiger partial charge on any atom is 0.272 e. The summed E-state index contributed by atoms with van der Waals surface area (Å²) in [7, 11) is 0. The number of amides is 1. The van der Waals surface area contributed by atoms with Crippen molar-refractivity contribution in [1.29, 1.82) is 0 Å². The fraction of sp³-hybridized carbons (Fsp3) is 0.0625. The molecular weight excluding hydrogens is 286 g/mol. The van der Waals surface area contributed by atoms with Crippen LogP contribution in [0.15, 0.2) is 54.6 Å². The highest BCUT2D eigenvalue weighted by Gasteiger charge is 2.09. The van der Waals surface area contributed by atoms with E-state index in [0.717, 1.165) is 22.2 Å². The Hall–Kier alpha value is -2.30. The van der Waals surface area contributed by atoms with E-state index in [1.807, 2.05) is 54.6 Å². The number of nitrogens with two attached hydrogens (primary N) is 1. The third kappa shape index (κ3) is 3.24. The van der Waals surface area contributed by atoms with Gasteiger partial charge in [0.1, 0.15) is 5.69 Å². The molecule has 0 aliphatic rings. The number of carbonyl (C=O) groups excluding carboxylic acids is 1. The summed E-state index contributed by atoms with van der Waals surface area (Å²) in [6.07, 6.45) is 0. The maximum atomic E-state index is 12.2. The lowest BCUT2D eigenvalue weighted by molar-refractivity contribution is 0.102. The van der Waals surface area contributed by atoms with Gasteiger partial charge in [-0.2, -0.15) is 0 Å². The molecule has 0 spiro atoms. The van der Waals surface area contributed by atoms with Crippen LogP contribution in [-0.2, 0) is 6.54 Å². The van der Waals surface area contributed by atoms with E-state index in [2.05, 4.69) is 10.3 Å². The van der Waals surface area contributed by atoms with Gasteiger partial charge in [-0.15, -0.1) is 12.4 Å². The van der Waals surface area contributed by atoms with Crippen LogP contribution in [0.4, 0.5) is 5.69 Å². The molecule has 0 atom stereocenters. The Balaban J connectivity index is 0.00000161. The average Bonchev–Trinajstić information content (AvgIpc) is 2.92. The van der Waals surface area contributed by atoms with E-state index in [1.54, 1.807) is 0 Å². The molecule has 2 aromatic carbocycles. The molecule has 0 bridgehead atoms. The van der Waals surface area contributed by atoms with E-state index in [9.17, 15) is 4.79 Å². The zero-order chi connectivity index (χ0) is 13.9. The number of halogens is 1. The first-order chi connectivity index (χ1) is 9.76. The number of nitrogens with one attached hydrogen (secondary N) is 2. The Labute approximate surface area is 128 Å². The molecule has 3 aromatic rings. The highest BCUT2D eigenvalue weighted by atomic mass is 35.5. The highest BCUT2D eigenvalue weighted by molar-refractivity contribution is 6.05. The topological polar surface area (TPSA) is 70.9 Å². The Kier molecular flexibility index (Phi) is 4.62. The summed E-state index contributed by atoms with van der Waals surface area (Å²) in [5.41, 5.74) is 8.84. The van der Waals surface area contributed by atoms with Crippen molar-refractivity contribution in [2.45, 2.75) is 6.54 Å². The minimum atomic E-state index is -0.151. The molecule has 5 heteroatoms. The Morgan fingerprint density at radius 3 is 2.48 bits per heavy atom. The van der Waals surface area contributed by atoms with Gasteiger partial charge in [-0.1, -0.05) is 30.3 Å². The van der Waals surface area contributed by atoms with Crippen LogP contribution in [0, 0.1) is 0 Å². The first kappa shape index (κ1) is 15.1. The number of rotatable bonds is 3. The summed E-state index contributed by atoms with van der Waals surface area (Å²) >= 11 is 0. The van der Waals surface area contributed by atoms with Crippen LogP contribution in [0.25, 0.3) is 10.9 Å². The largest absolute Gasteiger partial charge is 0.351 e. The van der Waals surface area contributed by atoms with Gasteiger partial charge in [0.05, 0.1) is 0 Å². The molecule has 108 valence electrons. The van der Waals surface area contributed by atoms with Gasteiger partial charge in [0.25, 0.3) is 5.91 Å². The van der Waals surface area contributed by atoms with E-state index < -0.39 is 0 Å². The van der Waals surface area contributed by atoms with Gasteiger partial charge in [-0.25, -0.2) is 0 Å². The molecule has 4 nitrogen and oxygen atoms in total. The average molecular weight is 302 g/mol. The van der Waals surface area contributed by atoms with Crippen LogP contribution in [0.3, 0.4) is 0 Å². The second kappa shape index (κ2) is 6.43. The second-order valence-corrected chi connectivity index (χ2v) is 4.63. The Morgan fingerprint density at radius 1 is 1.10 bits per heavy atom. The predicted molar refractivity (Wildman–Crippen MR) is 87.8 cm³/mol. The number of H-pyrrole nitrogens is 1. The molecular formula is C16H16ClN3O.